The van der Waals surface area contributed by atoms with Gasteiger partial charge in [0.25, 0.3) is 0 Å². The van der Waals surface area contributed by atoms with Crippen LogP contribution >= 0.6 is 0 Å². The van der Waals surface area contributed by atoms with Crippen molar-refractivity contribution < 1.29 is 19.8 Å². The van der Waals surface area contributed by atoms with Crippen LogP contribution in [-0.2, 0) is 16.1 Å². The number of carbonyl (C=O) groups is 2. The van der Waals surface area contributed by atoms with E-state index in [2.05, 4.69) is 4.99 Å². The van der Waals surface area contributed by atoms with Crippen molar-refractivity contribution in [1.82, 2.24) is 0 Å². The van der Waals surface area contributed by atoms with E-state index in [4.69, 9.17) is 0 Å². The molecule has 0 spiro atoms. The molecule has 90 valence electrons. The van der Waals surface area contributed by atoms with E-state index in [9.17, 15) is 19.8 Å². The third-order valence-electron chi connectivity index (χ3n) is 3.37. The summed E-state index contributed by atoms with van der Waals surface area (Å²) in [6, 6.07) is 3.56. The Balaban J connectivity index is 2.35. The SMILES string of the molecule is O=C(O)C1(C(=O)O)C=c2ccc3c(c2=C1)CN=C3. The van der Waals surface area contributed by atoms with Gasteiger partial charge >= 0.3 is 11.9 Å². The van der Waals surface area contributed by atoms with Gasteiger partial charge in [-0.1, -0.05) is 12.1 Å². The number of hydrogen-bond donors (Lipinski definition) is 2. The Morgan fingerprint density at radius 1 is 1.17 bits per heavy atom. The minimum atomic E-state index is -1.96. The zero-order chi connectivity index (χ0) is 12.9. The van der Waals surface area contributed by atoms with Gasteiger partial charge in [-0.15, -0.1) is 0 Å². The summed E-state index contributed by atoms with van der Waals surface area (Å²) in [6.07, 6.45) is 4.30. The molecule has 3 rings (SSSR count). The van der Waals surface area contributed by atoms with Gasteiger partial charge in [0, 0.05) is 6.21 Å². The Bertz CT molecular complexity index is 716. The van der Waals surface area contributed by atoms with Crippen molar-refractivity contribution in [3.8, 4) is 0 Å². The van der Waals surface area contributed by atoms with Gasteiger partial charge in [-0.05, 0) is 33.7 Å². The van der Waals surface area contributed by atoms with Gasteiger partial charge in [-0.2, -0.15) is 0 Å². The molecule has 1 aliphatic heterocycles. The number of aliphatic imine (C=N–C) groups is 1. The van der Waals surface area contributed by atoms with Crippen molar-refractivity contribution in [2.45, 2.75) is 6.54 Å². The molecular formula is C13H9NO4. The Morgan fingerprint density at radius 2 is 1.89 bits per heavy atom. The normalized spacial score (nSPS) is 17.6. The van der Waals surface area contributed by atoms with Crippen LogP contribution in [-0.4, -0.2) is 28.4 Å². The van der Waals surface area contributed by atoms with Crippen LogP contribution in [0.15, 0.2) is 17.1 Å². The third kappa shape index (κ3) is 1.18. The lowest BCUT2D eigenvalue weighted by Crippen LogP contribution is -2.34. The fourth-order valence-electron chi connectivity index (χ4n) is 2.38. The summed E-state index contributed by atoms with van der Waals surface area (Å²) in [4.78, 5) is 26.6. The van der Waals surface area contributed by atoms with Crippen LogP contribution in [0.3, 0.4) is 0 Å². The molecule has 18 heavy (non-hydrogen) atoms. The molecule has 0 radical (unpaired) electrons. The van der Waals surface area contributed by atoms with Crippen molar-refractivity contribution in [1.29, 1.82) is 0 Å². The summed E-state index contributed by atoms with van der Waals surface area (Å²) < 4.78 is 0. The highest BCUT2D eigenvalue weighted by molar-refractivity contribution is 6.12. The molecule has 0 fully saturated rings. The van der Waals surface area contributed by atoms with Gasteiger partial charge < -0.3 is 10.2 Å². The topological polar surface area (TPSA) is 87.0 Å². The fraction of sp³-hybridized carbons (Fsp3) is 0.154. The van der Waals surface area contributed by atoms with Crippen LogP contribution in [0.1, 0.15) is 11.1 Å². The van der Waals surface area contributed by atoms with E-state index in [1.807, 2.05) is 6.07 Å². The molecule has 1 aromatic carbocycles. The molecule has 5 heteroatoms. The number of nitrogens with zero attached hydrogens (tertiary/aromatic N) is 1. The number of carboxylic acids is 2. The number of hydrogen-bond acceptors (Lipinski definition) is 3. The predicted octanol–water partition coefficient (Wildman–Crippen LogP) is -0.651. The maximum Gasteiger partial charge on any atom is 0.329 e. The molecule has 5 nitrogen and oxygen atoms in total. The van der Waals surface area contributed by atoms with E-state index in [1.165, 1.54) is 12.2 Å². The molecule has 1 heterocycles. The van der Waals surface area contributed by atoms with Crippen molar-refractivity contribution in [3.05, 3.63) is 33.7 Å². The second-order valence-corrected chi connectivity index (χ2v) is 4.37. The van der Waals surface area contributed by atoms with E-state index >= 15 is 0 Å². The van der Waals surface area contributed by atoms with Crippen molar-refractivity contribution in [2.24, 2.45) is 10.4 Å². The summed E-state index contributed by atoms with van der Waals surface area (Å²) in [5.41, 5.74) is -0.141. The Hall–Kier alpha value is -2.43. The summed E-state index contributed by atoms with van der Waals surface area (Å²) in [6.45, 7) is 0.470. The zero-order valence-electron chi connectivity index (χ0n) is 9.25. The van der Waals surface area contributed by atoms with E-state index < -0.39 is 17.4 Å². The van der Waals surface area contributed by atoms with Crippen LogP contribution in [0.2, 0.25) is 0 Å². The average molecular weight is 243 g/mol. The Labute approximate surface area is 101 Å². The van der Waals surface area contributed by atoms with Crippen LogP contribution in [0.4, 0.5) is 0 Å². The van der Waals surface area contributed by atoms with Gasteiger partial charge in [0.1, 0.15) is 0 Å². The maximum atomic E-state index is 11.3. The number of fused-ring (bicyclic) bond motifs is 3. The van der Waals surface area contributed by atoms with Crippen molar-refractivity contribution >= 4 is 30.3 Å². The lowest BCUT2D eigenvalue weighted by Gasteiger charge is -2.13. The predicted molar refractivity (Wildman–Crippen MR) is 63.6 cm³/mol. The number of rotatable bonds is 2. The quantitative estimate of drug-likeness (QED) is 0.676. The molecule has 0 saturated carbocycles. The lowest BCUT2D eigenvalue weighted by atomic mass is 9.90. The van der Waals surface area contributed by atoms with Gasteiger partial charge in [-0.3, -0.25) is 14.6 Å². The fourth-order valence-corrected chi connectivity index (χ4v) is 2.38. The molecule has 1 aromatic rings. The van der Waals surface area contributed by atoms with Gasteiger partial charge in [0.15, 0.2) is 0 Å². The first-order chi connectivity index (χ1) is 8.54. The second kappa shape index (κ2) is 3.29. The molecule has 0 unspecified atom stereocenters. The van der Waals surface area contributed by atoms with Crippen LogP contribution < -0.4 is 10.4 Å². The smallest absolute Gasteiger partial charge is 0.329 e. The molecule has 0 atom stereocenters. The standard InChI is InChI=1S/C13H9NO4/c15-11(16)13(12(17)18)3-7-1-2-8-5-14-6-10(8)9(7)4-13/h1-5H,6H2,(H,15,16)(H,17,18). The first kappa shape index (κ1) is 10.7. The molecule has 1 aliphatic carbocycles. The van der Waals surface area contributed by atoms with E-state index in [0.717, 1.165) is 11.1 Å². The molecule has 0 saturated heterocycles. The van der Waals surface area contributed by atoms with Gasteiger partial charge in [0.2, 0.25) is 5.41 Å². The molecule has 2 N–H and O–H groups in total. The van der Waals surface area contributed by atoms with Crippen LogP contribution in [0.25, 0.3) is 12.2 Å². The molecule has 0 aromatic heterocycles. The van der Waals surface area contributed by atoms with Crippen molar-refractivity contribution in [3.63, 3.8) is 0 Å². The summed E-state index contributed by atoms with van der Waals surface area (Å²) in [5, 5.41) is 19.7. The summed E-state index contributed by atoms with van der Waals surface area (Å²) >= 11 is 0. The summed E-state index contributed by atoms with van der Waals surface area (Å²) in [7, 11) is 0. The van der Waals surface area contributed by atoms with E-state index in [-0.39, 0.29) is 0 Å². The van der Waals surface area contributed by atoms with Gasteiger partial charge in [0.05, 0.1) is 6.54 Å². The monoisotopic (exact) mass is 243 g/mol. The minimum Gasteiger partial charge on any atom is -0.480 e. The highest BCUT2D eigenvalue weighted by Gasteiger charge is 2.44. The Morgan fingerprint density at radius 3 is 2.56 bits per heavy atom. The Kier molecular flexibility index (Phi) is 1.96. The average Bonchev–Trinajstić information content (AvgIpc) is 2.92. The van der Waals surface area contributed by atoms with Crippen LogP contribution in [0, 0.1) is 5.41 Å². The maximum absolute atomic E-state index is 11.3. The number of aliphatic carboxylic acids is 2. The highest BCUT2D eigenvalue weighted by Crippen LogP contribution is 2.25. The highest BCUT2D eigenvalue weighted by atomic mass is 16.4. The third-order valence-corrected chi connectivity index (χ3v) is 3.37. The van der Waals surface area contributed by atoms with E-state index in [0.29, 0.717) is 17.0 Å². The second-order valence-electron chi connectivity index (χ2n) is 4.37. The molecule has 2 aliphatic rings. The van der Waals surface area contributed by atoms with Crippen molar-refractivity contribution in [2.75, 3.05) is 0 Å². The van der Waals surface area contributed by atoms with Gasteiger partial charge in [-0.25, -0.2) is 0 Å². The number of carboxylic acid groups (broad SMARTS) is 2. The summed E-state index contributed by atoms with van der Waals surface area (Å²) in [5.74, 6) is -2.75. The molecule has 0 bridgehead atoms. The molecule has 0 amide bonds. The first-order valence-corrected chi connectivity index (χ1v) is 5.39. The lowest BCUT2D eigenvalue weighted by molar-refractivity contribution is -0.155. The largest absolute Gasteiger partial charge is 0.480 e. The molecular weight excluding hydrogens is 234 g/mol. The number of benzene rings is 1. The first-order valence-electron chi connectivity index (χ1n) is 5.39. The minimum absolute atomic E-state index is 0.470. The van der Waals surface area contributed by atoms with E-state index in [1.54, 1.807) is 12.3 Å². The van der Waals surface area contributed by atoms with Crippen LogP contribution in [0.5, 0.6) is 0 Å². The zero-order valence-corrected chi connectivity index (χ0v) is 9.25.